The maximum atomic E-state index is 12.8. The van der Waals surface area contributed by atoms with Crippen LogP contribution in [0.3, 0.4) is 0 Å². The van der Waals surface area contributed by atoms with Crippen molar-refractivity contribution in [3.05, 3.63) is 59.5 Å². The van der Waals surface area contributed by atoms with E-state index in [1.807, 2.05) is 0 Å². The van der Waals surface area contributed by atoms with Crippen LogP contribution in [-0.2, 0) is 19.6 Å². The molecule has 8 nitrogen and oxygen atoms in total. The van der Waals surface area contributed by atoms with Gasteiger partial charge in [0.05, 0.1) is 23.0 Å². The first-order chi connectivity index (χ1) is 13.7. The predicted molar refractivity (Wildman–Crippen MR) is 101 cm³/mol. The van der Waals surface area contributed by atoms with Gasteiger partial charge in [0, 0.05) is 26.0 Å². The van der Waals surface area contributed by atoms with Gasteiger partial charge in [-0.2, -0.15) is 23.3 Å². The average molecular weight is 405 g/mol. The standard InChI is InChI=1S/C18H18F3N7O/c1-28-10-13(8-25-28)26-17-24-9-14(15(22)29)16(27-17)23-6-5-11-3-2-4-12(7-11)18(19,20)21/h2-4,7-10H,5-6H2,1H3,(H2,22,29)(H2,23,24,26,27). The Morgan fingerprint density at radius 1 is 1.28 bits per heavy atom. The molecule has 0 aliphatic carbocycles. The highest BCUT2D eigenvalue weighted by molar-refractivity contribution is 5.97. The number of aromatic nitrogens is 4. The number of anilines is 3. The van der Waals surface area contributed by atoms with Crippen molar-refractivity contribution in [3.63, 3.8) is 0 Å². The Kier molecular flexibility index (Phi) is 5.66. The number of nitrogens with two attached hydrogens (primary N) is 1. The summed E-state index contributed by atoms with van der Waals surface area (Å²) in [5.74, 6) is -0.324. The lowest BCUT2D eigenvalue weighted by Gasteiger charge is -2.12. The molecule has 3 rings (SSSR count). The van der Waals surface area contributed by atoms with Gasteiger partial charge < -0.3 is 16.4 Å². The van der Waals surface area contributed by atoms with E-state index in [9.17, 15) is 18.0 Å². The zero-order chi connectivity index (χ0) is 21.0. The van der Waals surface area contributed by atoms with Gasteiger partial charge in [-0.25, -0.2) is 4.98 Å². The van der Waals surface area contributed by atoms with Crippen molar-refractivity contribution >= 4 is 23.4 Å². The first kappa shape index (κ1) is 20.1. The second kappa shape index (κ2) is 8.17. The first-order valence-electron chi connectivity index (χ1n) is 8.55. The van der Waals surface area contributed by atoms with Gasteiger partial charge in [0.25, 0.3) is 5.91 Å². The Labute approximate surface area is 164 Å². The Morgan fingerprint density at radius 2 is 2.07 bits per heavy atom. The second-order valence-electron chi connectivity index (χ2n) is 6.22. The summed E-state index contributed by atoms with van der Waals surface area (Å²) in [4.78, 5) is 19.9. The van der Waals surface area contributed by atoms with Crippen molar-refractivity contribution in [2.24, 2.45) is 12.8 Å². The third-order valence-electron chi connectivity index (χ3n) is 3.98. The molecule has 29 heavy (non-hydrogen) atoms. The van der Waals surface area contributed by atoms with E-state index in [-0.39, 0.29) is 30.3 Å². The Morgan fingerprint density at radius 3 is 2.72 bits per heavy atom. The number of carbonyl (C=O) groups is 1. The van der Waals surface area contributed by atoms with E-state index in [1.165, 1.54) is 12.3 Å². The molecular weight excluding hydrogens is 387 g/mol. The van der Waals surface area contributed by atoms with Crippen molar-refractivity contribution in [1.82, 2.24) is 19.7 Å². The molecule has 4 N–H and O–H groups in total. The Hall–Kier alpha value is -3.63. The lowest BCUT2D eigenvalue weighted by Crippen LogP contribution is -2.18. The number of nitrogens with one attached hydrogen (secondary N) is 2. The molecule has 0 saturated heterocycles. The summed E-state index contributed by atoms with van der Waals surface area (Å²) < 4.78 is 40.1. The molecule has 0 aliphatic heterocycles. The van der Waals surface area contributed by atoms with Gasteiger partial charge >= 0.3 is 6.18 Å². The molecular formula is C18H18F3N7O. The smallest absolute Gasteiger partial charge is 0.369 e. The highest BCUT2D eigenvalue weighted by Gasteiger charge is 2.30. The second-order valence-corrected chi connectivity index (χ2v) is 6.22. The summed E-state index contributed by atoms with van der Waals surface area (Å²) in [6.07, 6.45) is 0.457. The van der Waals surface area contributed by atoms with Crippen LogP contribution < -0.4 is 16.4 Å². The summed E-state index contributed by atoms with van der Waals surface area (Å²) in [5.41, 5.74) is 5.86. The molecule has 1 aromatic carbocycles. The van der Waals surface area contributed by atoms with Crippen LogP contribution in [0, 0.1) is 0 Å². The van der Waals surface area contributed by atoms with Crippen LogP contribution in [0.5, 0.6) is 0 Å². The summed E-state index contributed by atoms with van der Waals surface area (Å²) in [6, 6.07) is 5.06. The van der Waals surface area contributed by atoms with Crippen molar-refractivity contribution < 1.29 is 18.0 Å². The van der Waals surface area contributed by atoms with E-state index in [4.69, 9.17) is 5.73 Å². The summed E-state index contributed by atoms with van der Waals surface area (Å²) in [5, 5.41) is 9.90. The Bertz CT molecular complexity index is 1020. The number of carbonyl (C=O) groups excluding carboxylic acids is 1. The third-order valence-corrected chi connectivity index (χ3v) is 3.98. The number of aryl methyl sites for hydroxylation is 1. The molecule has 0 saturated carbocycles. The molecule has 1 amide bonds. The number of primary amides is 1. The number of alkyl halides is 3. The topological polar surface area (TPSA) is 111 Å². The van der Waals surface area contributed by atoms with E-state index in [0.29, 0.717) is 11.3 Å². The zero-order valence-electron chi connectivity index (χ0n) is 15.4. The highest BCUT2D eigenvalue weighted by Crippen LogP contribution is 2.29. The summed E-state index contributed by atoms with van der Waals surface area (Å²) >= 11 is 0. The minimum Gasteiger partial charge on any atom is -0.369 e. The third kappa shape index (κ3) is 5.21. The van der Waals surface area contributed by atoms with Crippen LogP contribution >= 0.6 is 0 Å². The summed E-state index contributed by atoms with van der Waals surface area (Å²) in [6.45, 7) is 0.241. The number of hydrogen-bond acceptors (Lipinski definition) is 6. The lowest BCUT2D eigenvalue weighted by molar-refractivity contribution is -0.137. The zero-order valence-corrected chi connectivity index (χ0v) is 15.4. The van der Waals surface area contributed by atoms with E-state index < -0.39 is 17.6 Å². The quantitative estimate of drug-likeness (QED) is 0.557. The van der Waals surface area contributed by atoms with E-state index in [1.54, 1.807) is 30.2 Å². The van der Waals surface area contributed by atoms with Gasteiger partial charge in [0.15, 0.2) is 0 Å². The van der Waals surface area contributed by atoms with Crippen molar-refractivity contribution in [3.8, 4) is 0 Å². The average Bonchev–Trinajstić information content (AvgIpc) is 3.06. The fourth-order valence-corrected chi connectivity index (χ4v) is 2.60. The molecule has 0 atom stereocenters. The molecule has 3 aromatic rings. The Balaban J connectivity index is 1.72. The summed E-state index contributed by atoms with van der Waals surface area (Å²) in [7, 11) is 1.75. The van der Waals surface area contributed by atoms with Crippen LogP contribution in [-0.4, -0.2) is 32.2 Å². The molecule has 152 valence electrons. The van der Waals surface area contributed by atoms with Gasteiger partial charge in [-0.1, -0.05) is 18.2 Å². The number of halogens is 3. The van der Waals surface area contributed by atoms with Gasteiger partial charge in [0.2, 0.25) is 5.95 Å². The SMILES string of the molecule is Cn1cc(Nc2ncc(C(N)=O)c(NCCc3cccc(C(F)(F)F)c3)n2)cn1. The lowest BCUT2D eigenvalue weighted by atomic mass is 10.1. The minimum absolute atomic E-state index is 0.0748. The molecule has 0 aliphatic rings. The molecule has 0 fully saturated rings. The van der Waals surface area contributed by atoms with Crippen molar-refractivity contribution in [2.75, 3.05) is 17.2 Å². The van der Waals surface area contributed by atoms with Crippen molar-refractivity contribution in [2.45, 2.75) is 12.6 Å². The van der Waals surface area contributed by atoms with Crippen LogP contribution in [0.15, 0.2) is 42.9 Å². The number of hydrogen-bond donors (Lipinski definition) is 3. The number of amides is 1. The van der Waals surface area contributed by atoms with Gasteiger partial charge in [0.1, 0.15) is 5.82 Å². The monoisotopic (exact) mass is 405 g/mol. The minimum atomic E-state index is -4.40. The molecule has 0 spiro atoms. The number of benzene rings is 1. The van der Waals surface area contributed by atoms with E-state index >= 15 is 0 Å². The van der Waals surface area contributed by atoms with Crippen molar-refractivity contribution in [1.29, 1.82) is 0 Å². The van der Waals surface area contributed by atoms with E-state index in [2.05, 4.69) is 25.7 Å². The van der Waals surface area contributed by atoms with Crippen LogP contribution in [0.25, 0.3) is 0 Å². The number of nitrogens with zero attached hydrogens (tertiary/aromatic N) is 4. The maximum Gasteiger partial charge on any atom is 0.416 e. The molecule has 2 heterocycles. The maximum absolute atomic E-state index is 12.8. The molecule has 0 radical (unpaired) electrons. The largest absolute Gasteiger partial charge is 0.416 e. The first-order valence-corrected chi connectivity index (χ1v) is 8.55. The predicted octanol–water partition coefficient (Wildman–Crippen LogP) is 2.73. The highest BCUT2D eigenvalue weighted by atomic mass is 19.4. The van der Waals surface area contributed by atoms with Gasteiger partial charge in [-0.05, 0) is 18.1 Å². The molecule has 11 heteroatoms. The molecule has 2 aromatic heterocycles. The number of rotatable bonds is 7. The van der Waals surface area contributed by atoms with Crippen LogP contribution in [0.4, 0.5) is 30.6 Å². The van der Waals surface area contributed by atoms with Crippen LogP contribution in [0.1, 0.15) is 21.5 Å². The van der Waals surface area contributed by atoms with Gasteiger partial charge in [-0.3, -0.25) is 9.48 Å². The normalized spacial score (nSPS) is 11.3. The van der Waals surface area contributed by atoms with Gasteiger partial charge in [-0.15, -0.1) is 0 Å². The molecule has 0 unspecified atom stereocenters. The fraction of sp³-hybridized carbons (Fsp3) is 0.222. The fourth-order valence-electron chi connectivity index (χ4n) is 2.60. The molecule has 0 bridgehead atoms. The van der Waals surface area contributed by atoms with E-state index in [0.717, 1.165) is 12.1 Å². The van der Waals surface area contributed by atoms with Crippen LogP contribution in [0.2, 0.25) is 0 Å².